The summed E-state index contributed by atoms with van der Waals surface area (Å²) in [4.78, 5) is 11.6. The third-order valence-electron chi connectivity index (χ3n) is 3.52. The summed E-state index contributed by atoms with van der Waals surface area (Å²) in [5.41, 5.74) is 1.46. The molecule has 2 aromatic rings. The van der Waals surface area contributed by atoms with Gasteiger partial charge in [-0.25, -0.2) is 0 Å². The van der Waals surface area contributed by atoms with E-state index in [9.17, 15) is 9.90 Å². The third-order valence-corrected chi connectivity index (χ3v) is 4.26. The zero-order valence-corrected chi connectivity index (χ0v) is 12.9. The predicted octanol–water partition coefficient (Wildman–Crippen LogP) is 4.13. The second kappa shape index (κ2) is 6.07. The molecule has 4 nitrogen and oxygen atoms in total. The molecule has 0 amide bonds. The Morgan fingerprint density at radius 1 is 1.09 bits per heavy atom. The third kappa shape index (κ3) is 2.98. The molecule has 1 heterocycles. The van der Waals surface area contributed by atoms with Crippen molar-refractivity contribution >= 4 is 29.2 Å². The number of hydrogen-bond donors (Lipinski definition) is 1. The fraction of sp³-hybridized carbons (Fsp3) is 0.188. The first-order valence-corrected chi connectivity index (χ1v) is 7.36. The molecular formula is C16H12Cl2O4. The molecule has 0 aliphatic carbocycles. The molecule has 0 bridgehead atoms. The number of fused-ring (bicyclic) bond motifs is 1. The quantitative estimate of drug-likeness (QED) is 0.910. The molecule has 22 heavy (non-hydrogen) atoms. The van der Waals surface area contributed by atoms with E-state index in [1.165, 1.54) is 0 Å². The summed E-state index contributed by atoms with van der Waals surface area (Å²) in [6.07, 6.45) is 0.311. The highest BCUT2D eigenvalue weighted by Gasteiger charge is 2.23. The van der Waals surface area contributed by atoms with Gasteiger partial charge in [-0.15, -0.1) is 0 Å². The predicted molar refractivity (Wildman–Crippen MR) is 83.1 cm³/mol. The smallest absolute Gasteiger partial charge is 0.311 e. The van der Waals surface area contributed by atoms with Crippen LogP contribution in [-0.4, -0.2) is 17.9 Å². The highest BCUT2D eigenvalue weighted by Crippen LogP contribution is 2.36. The van der Waals surface area contributed by atoms with E-state index >= 15 is 0 Å². The number of carbonyl (C=O) groups is 1. The Hall–Kier alpha value is -1.91. The Bertz CT molecular complexity index is 730. The minimum absolute atomic E-state index is 0.156. The van der Waals surface area contributed by atoms with E-state index in [0.717, 1.165) is 5.56 Å². The number of halogens is 2. The van der Waals surface area contributed by atoms with Gasteiger partial charge in [0.1, 0.15) is 0 Å². The van der Waals surface area contributed by atoms with Gasteiger partial charge in [0.15, 0.2) is 11.5 Å². The number of carboxylic acid groups (broad SMARTS) is 1. The zero-order valence-electron chi connectivity index (χ0n) is 11.4. The van der Waals surface area contributed by atoms with Crippen molar-refractivity contribution in [2.75, 3.05) is 6.79 Å². The first-order valence-electron chi connectivity index (χ1n) is 6.61. The number of benzene rings is 2. The van der Waals surface area contributed by atoms with E-state index in [0.29, 0.717) is 33.5 Å². The molecule has 2 aromatic carbocycles. The van der Waals surface area contributed by atoms with E-state index < -0.39 is 11.9 Å². The van der Waals surface area contributed by atoms with Gasteiger partial charge < -0.3 is 14.6 Å². The lowest BCUT2D eigenvalue weighted by molar-refractivity contribution is -0.138. The van der Waals surface area contributed by atoms with Gasteiger partial charge in [-0.3, -0.25) is 4.79 Å². The Labute approximate surface area is 137 Å². The Morgan fingerprint density at radius 3 is 2.59 bits per heavy atom. The molecule has 1 unspecified atom stereocenters. The van der Waals surface area contributed by atoms with Crippen LogP contribution in [0.1, 0.15) is 17.0 Å². The van der Waals surface area contributed by atoms with Crippen LogP contribution < -0.4 is 9.47 Å². The fourth-order valence-corrected chi connectivity index (χ4v) is 2.70. The first kappa shape index (κ1) is 15.0. The van der Waals surface area contributed by atoms with Crippen molar-refractivity contribution in [2.45, 2.75) is 12.3 Å². The topological polar surface area (TPSA) is 55.8 Å². The van der Waals surface area contributed by atoms with Crippen LogP contribution in [-0.2, 0) is 11.2 Å². The van der Waals surface area contributed by atoms with Gasteiger partial charge in [-0.05, 0) is 41.8 Å². The van der Waals surface area contributed by atoms with Crippen molar-refractivity contribution in [3.05, 3.63) is 57.6 Å². The van der Waals surface area contributed by atoms with Crippen molar-refractivity contribution in [1.29, 1.82) is 0 Å². The molecule has 0 saturated carbocycles. The van der Waals surface area contributed by atoms with Crippen LogP contribution in [0.3, 0.4) is 0 Å². The van der Waals surface area contributed by atoms with Crippen LogP contribution in [0.2, 0.25) is 10.0 Å². The first-order chi connectivity index (χ1) is 10.5. The summed E-state index contributed by atoms with van der Waals surface area (Å²) in [6, 6.07) is 10.3. The summed E-state index contributed by atoms with van der Waals surface area (Å²) in [7, 11) is 0. The largest absolute Gasteiger partial charge is 0.481 e. The van der Waals surface area contributed by atoms with Crippen molar-refractivity contribution < 1.29 is 19.4 Å². The summed E-state index contributed by atoms with van der Waals surface area (Å²) in [5.74, 6) is -0.419. The minimum atomic E-state index is -0.912. The minimum Gasteiger partial charge on any atom is -0.481 e. The van der Waals surface area contributed by atoms with E-state index in [1.807, 2.05) is 0 Å². The average Bonchev–Trinajstić information content (AvgIpc) is 2.95. The molecule has 1 aliphatic rings. The maximum absolute atomic E-state index is 11.6. The monoisotopic (exact) mass is 338 g/mol. The molecule has 1 atom stereocenters. The van der Waals surface area contributed by atoms with Crippen molar-refractivity contribution in [2.24, 2.45) is 0 Å². The molecule has 0 aromatic heterocycles. The van der Waals surface area contributed by atoms with Gasteiger partial charge in [0.25, 0.3) is 0 Å². The van der Waals surface area contributed by atoms with Gasteiger partial charge in [-0.1, -0.05) is 35.3 Å². The van der Waals surface area contributed by atoms with Crippen LogP contribution in [0.5, 0.6) is 11.5 Å². The van der Waals surface area contributed by atoms with E-state index in [-0.39, 0.29) is 6.79 Å². The highest BCUT2D eigenvalue weighted by atomic mass is 35.5. The number of ether oxygens (including phenoxy) is 2. The van der Waals surface area contributed by atoms with Crippen molar-refractivity contribution in [3.8, 4) is 11.5 Å². The molecule has 3 rings (SSSR count). The number of aliphatic carboxylic acids is 1. The van der Waals surface area contributed by atoms with Crippen molar-refractivity contribution in [1.82, 2.24) is 0 Å². The van der Waals surface area contributed by atoms with Crippen molar-refractivity contribution in [3.63, 3.8) is 0 Å². The van der Waals surface area contributed by atoms with Crippen LogP contribution in [0.25, 0.3) is 0 Å². The number of rotatable bonds is 4. The normalized spacial score (nSPS) is 13.9. The summed E-state index contributed by atoms with van der Waals surface area (Å²) >= 11 is 11.9. The number of carboxylic acids is 1. The summed E-state index contributed by atoms with van der Waals surface area (Å²) < 4.78 is 10.5. The maximum atomic E-state index is 11.6. The van der Waals surface area contributed by atoms with Gasteiger partial charge in [-0.2, -0.15) is 0 Å². The highest BCUT2D eigenvalue weighted by molar-refractivity contribution is 6.42. The van der Waals surface area contributed by atoms with Gasteiger partial charge >= 0.3 is 5.97 Å². The lowest BCUT2D eigenvalue weighted by Gasteiger charge is -2.14. The van der Waals surface area contributed by atoms with Gasteiger partial charge in [0, 0.05) is 0 Å². The molecule has 1 N–H and O–H groups in total. The van der Waals surface area contributed by atoms with Gasteiger partial charge in [0.2, 0.25) is 6.79 Å². The molecular weight excluding hydrogens is 327 g/mol. The second-order valence-corrected chi connectivity index (χ2v) is 5.77. The number of hydrogen-bond acceptors (Lipinski definition) is 3. The SMILES string of the molecule is O=C(O)C(Cc1ccc(Cl)c(Cl)c1)c1ccc2c(c1)OCO2. The average molecular weight is 339 g/mol. The summed E-state index contributed by atoms with van der Waals surface area (Å²) in [5, 5.41) is 10.4. The van der Waals surface area contributed by atoms with Crippen LogP contribution in [0.4, 0.5) is 0 Å². The summed E-state index contributed by atoms with van der Waals surface area (Å²) in [6.45, 7) is 0.156. The Morgan fingerprint density at radius 2 is 1.86 bits per heavy atom. The van der Waals surface area contributed by atoms with Gasteiger partial charge in [0.05, 0.1) is 16.0 Å². The molecule has 1 aliphatic heterocycles. The Balaban J connectivity index is 1.89. The molecule has 0 saturated heterocycles. The molecule has 0 radical (unpaired) electrons. The molecule has 114 valence electrons. The lowest BCUT2D eigenvalue weighted by Crippen LogP contribution is -2.14. The van der Waals surface area contributed by atoms with Crippen LogP contribution in [0.15, 0.2) is 36.4 Å². The van der Waals surface area contributed by atoms with Crippen LogP contribution in [0, 0.1) is 0 Å². The second-order valence-electron chi connectivity index (χ2n) is 4.96. The van der Waals surface area contributed by atoms with E-state index in [2.05, 4.69) is 0 Å². The van der Waals surface area contributed by atoms with E-state index in [1.54, 1.807) is 36.4 Å². The lowest BCUT2D eigenvalue weighted by atomic mass is 9.92. The molecule has 0 fully saturated rings. The van der Waals surface area contributed by atoms with Crippen LogP contribution >= 0.6 is 23.2 Å². The standard InChI is InChI=1S/C16H12Cl2O4/c17-12-3-1-9(6-13(12)18)5-11(16(19)20)10-2-4-14-15(7-10)22-8-21-14/h1-4,6-7,11H,5,8H2,(H,19,20). The Kier molecular flexibility index (Phi) is 4.14. The molecule has 6 heteroatoms. The zero-order chi connectivity index (χ0) is 15.7. The van der Waals surface area contributed by atoms with E-state index in [4.69, 9.17) is 32.7 Å². The fourth-order valence-electron chi connectivity index (χ4n) is 2.38. The maximum Gasteiger partial charge on any atom is 0.311 e. The molecule has 0 spiro atoms.